The topological polar surface area (TPSA) is 67.4 Å². The number of hydrogen-bond acceptors (Lipinski definition) is 4. The molecular weight excluding hydrogens is 368 g/mol. The fourth-order valence-corrected chi connectivity index (χ4v) is 4.09. The Balaban J connectivity index is 2.58. The van der Waals surface area contributed by atoms with Gasteiger partial charge in [0, 0.05) is 6.54 Å². The van der Waals surface area contributed by atoms with Gasteiger partial charge in [-0.05, 0) is 55.7 Å². The molecule has 0 unspecified atom stereocenters. The molecule has 1 aromatic rings. The molecule has 0 aromatic heterocycles. The van der Waals surface area contributed by atoms with Gasteiger partial charge >= 0.3 is 0 Å². The molecule has 0 saturated heterocycles. The van der Waals surface area contributed by atoms with Gasteiger partial charge in [-0.15, -0.1) is 0 Å². The number of unbranched alkanes of at least 4 members (excludes halogenated alkanes) is 5. The number of thiocarbonyl (C=S) groups is 1. The summed E-state index contributed by atoms with van der Waals surface area (Å²) < 4.78 is 33.1. The molecule has 26 heavy (non-hydrogen) atoms. The molecule has 0 aliphatic carbocycles. The lowest BCUT2D eigenvalue weighted by Crippen LogP contribution is -2.39. The van der Waals surface area contributed by atoms with Gasteiger partial charge in [-0.3, -0.25) is 4.72 Å². The highest BCUT2D eigenvalue weighted by Crippen LogP contribution is 2.21. The van der Waals surface area contributed by atoms with Crippen LogP contribution in [-0.2, 0) is 10.0 Å². The zero-order valence-electron chi connectivity index (χ0n) is 16.1. The van der Waals surface area contributed by atoms with Gasteiger partial charge in [0.25, 0.3) is 10.0 Å². The van der Waals surface area contributed by atoms with Crippen LogP contribution in [0.4, 0.5) is 0 Å². The summed E-state index contributed by atoms with van der Waals surface area (Å²) in [4.78, 5) is 0.215. The van der Waals surface area contributed by atoms with Crippen LogP contribution >= 0.6 is 12.2 Å². The highest BCUT2D eigenvalue weighted by Gasteiger charge is 2.18. The number of sulfonamides is 1. The number of hydrogen-bond donors (Lipinski definition) is 2. The lowest BCUT2D eigenvalue weighted by molar-refractivity contribution is 0.304. The van der Waals surface area contributed by atoms with E-state index in [0.29, 0.717) is 24.5 Å². The summed E-state index contributed by atoms with van der Waals surface area (Å²) in [6.07, 6.45) is 7.83. The van der Waals surface area contributed by atoms with Gasteiger partial charge < -0.3 is 10.1 Å². The zero-order chi connectivity index (χ0) is 19.4. The van der Waals surface area contributed by atoms with Crippen molar-refractivity contribution in [2.24, 2.45) is 0 Å². The van der Waals surface area contributed by atoms with E-state index in [9.17, 15) is 8.42 Å². The molecule has 0 heterocycles. The minimum Gasteiger partial charge on any atom is -0.494 e. The monoisotopic (exact) mass is 400 g/mol. The third kappa shape index (κ3) is 8.36. The van der Waals surface area contributed by atoms with E-state index in [1.54, 1.807) is 25.1 Å². The number of nitrogens with one attached hydrogen (secondary N) is 2. The van der Waals surface area contributed by atoms with Crippen molar-refractivity contribution in [1.82, 2.24) is 10.0 Å². The molecule has 0 fully saturated rings. The molecule has 0 atom stereocenters. The highest BCUT2D eigenvalue weighted by atomic mass is 32.2. The van der Waals surface area contributed by atoms with Gasteiger partial charge in [-0.25, -0.2) is 8.42 Å². The van der Waals surface area contributed by atoms with Gasteiger partial charge in [0.05, 0.1) is 11.5 Å². The van der Waals surface area contributed by atoms with Gasteiger partial charge in [0.2, 0.25) is 0 Å². The van der Waals surface area contributed by atoms with Crippen LogP contribution in [0, 0.1) is 6.92 Å². The molecule has 0 radical (unpaired) electrons. The first-order valence-corrected chi connectivity index (χ1v) is 11.3. The summed E-state index contributed by atoms with van der Waals surface area (Å²) >= 11 is 5.06. The van der Waals surface area contributed by atoms with E-state index >= 15 is 0 Å². The van der Waals surface area contributed by atoms with Crippen LogP contribution in [0.5, 0.6) is 5.75 Å². The average Bonchev–Trinajstić information content (AvgIpc) is 2.57. The van der Waals surface area contributed by atoms with Gasteiger partial charge in [0.1, 0.15) is 5.75 Å². The molecule has 0 spiro atoms. The maximum absolute atomic E-state index is 12.5. The van der Waals surface area contributed by atoms with E-state index in [2.05, 4.69) is 23.9 Å². The average molecular weight is 401 g/mol. The second kappa shape index (κ2) is 12.1. The van der Waals surface area contributed by atoms with Crippen molar-refractivity contribution >= 4 is 27.4 Å². The molecule has 0 aliphatic rings. The molecule has 0 bridgehead atoms. The summed E-state index contributed by atoms with van der Waals surface area (Å²) in [6, 6.07) is 5.02. The number of aryl methyl sites for hydroxylation is 1. The van der Waals surface area contributed by atoms with Crippen LogP contribution in [0.1, 0.15) is 64.4 Å². The molecule has 2 N–H and O–H groups in total. The van der Waals surface area contributed by atoms with Crippen LogP contribution in [0.3, 0.4) is 0 Å². The quantitative estimate of drug-likeness (QED) is 0.404. The third-order valence-electron chi connectivity index (χ3n) is 4.00. The maximum Gasteiger partial charge on any atom is 0.263 e. The van der Waals surface area contributed by atoms with Gasteiger partial charge in [0.15, 0.2) is 5.11 Å². The zero-order valence-corrected chi connectivity index (χ0v) is 17.8. The van der Waals surface area contributed by atoms with E-state index in [-0.39, 0.29) is 10.0 Å². The molecule has 0 saturated carbocycles. The standard InChI is InChI=1S/C19H32N2O3S2/c1-4-6-8-9-10-14-24-17-11-12-18(16(3)15-17)26(22,23)21-19(25)20-13-7-5-2/h11-12,15H,4-10,13-14H2,1-3H3,(H2,20,21,25). The van der Waals surface area contributed by atoms with E-state index in [4.69, 9.17) is 17.0 Å². The summed E-state index contributed by atoms with van der Waals surface area (Å²) in [5.41, 5.74) is 0.636. The molecule has 5 nitrogen and oxygen atoms in total. The summed E-state index contributed by atoms with van der Waals surface area (Å²) in [7, 11) is -3.69. The lowest BCUT2D eigenvalue weighted by atomic mass is 10.2. The van der Waals surface area contributed by atoms with E-state index < -0.39 is 10.0 Å². The summed E-state index contributed by atoms with van der Waals surface area (Å²) in [5, 5.41) is 3.04. The Kier molecular flexibility index (Phi) is 10.6. The van der Waals surface area contributed by atoms with E-state index in [0.717, 1.165) is 25.7 Å². The van der Waals surface area contributed by atoms with E-state index in [1.165, 1.54) is 19.3 Å². The summed E-state index contributed by atoms with van der Waals surface area (Å²) in [6.45, 7) is 7.32. The third-order valence-corrected chi connectivity index (χ3v) is 5.88. The maximum atomic E-state index is 12.5. The Morgan fingerprint density at radius 1 is 1.08 bits per heavy atom. The fourth-order valence-electron chi connectivity index (χ4n) is 2.50. The van der Waals surface area contributed by atoms with Crippen molar-refractivity contribution in [2.75, 3.05) is 13.2 Å². The Bertz CT molecular complexity index is 661. The Hall–Kier alpha value is -1.34. The predicted octanol–water partition coefficient (Wildman–Crippen LogP) is 4.30. The SMILES string of the molecule is CCCCCCCOc1ccc(S(=O)(=O)NC(=S)NCCCC)c(C)c1. The van der Waals surface area contributed by atoms with Crippen molar-refractivity contribution < 1.29 is 13.2 Å². The minimum atomic E-state index is -3.69. The smallest absolute Gasteiger partial charge is 0.263 e. The Morgan fingerprint density at radius 2 is 1.77 bits per heavy atom. The number of ether oxygens (including phenoxy) is 1. The first kappa shape index (κ1) is 22.7. The van der Waals surface area contributed by atoms with Gasteiger partial charge in [-0.2, -0.15) is 0 Å². The predicted molar refractivity (Wildman–Crippen MR) is 111 cm³/mol. The number of rotatable bonds is 12. The highest BCUT2D eigenvalue weighted by molar-refractivity contribution is 7.91. The van der Waals surface area contributed by atoms with Gasteiger partial charge in [-0.1, -0.05) is 46.0 Å². The second-order valence-electron chi connectivity index (χ2n) is 6.40. The molecule has 1 rings (SSSR count). The van der Waals surface area contributed by atoms with Crippen molar-refractivity contribution in [3.8, 4) is 5.75 Å². The van der Waals surface area contributed by atoms with Crippen LogP contribution in [0.15, 0.2) is 23.1 Å². The van der Waals surface area contributed by atoms with E-state index in [1.807, 2.05) is 0 Å². The normalized spacial score (nSPS) is 11.2. The van der Waals surface area contributed by atoms with Crippen LogP contribution in [0.2, 0.25) is 0 Å². The molecule has 0 aliphatic heterocycles. The second-order valence-corrected chi connectivity index (χ2v) is 8.46. The van der Waals surface area contributed by atoms with Crippen LogP contribution < -0.4 is 14.8 Å². The van der Waals surface area contributed by atoms with Crippen LogP contribution in [-0.4, -0.2) is 26.7 Å². The Morgan fingerprint density at radius 3 is 2.42 bits per heavy atom. The van der Waals surface area contributed by atoms with Crippen molar-refractivity contribution in [3.63, 3.8) is 0 Å². The first-order valence-electron chi connectivity index (χ1n) is 9.44. The molecular formula is C19H32N2O3S2. The van der Waals surface area contributed by atoms with Crippen molar-refractivity contribution in [3.05, 3.63) is 23.8 Å². The van der Waals surface area contributed by atoms with Crippen molar-refractivity contribution in [2.45, 2.75) is 70.6 Å². The fraction of sp³-hybridized carbons (Fsp3) is 0.632. The molecule has 1 aromatic carbocycles. The Labute approximate surface area is 164 Å². The molecule has 148 valence electrons. The largest absolute Gasteiger partial charge is 0.494 e. The molecule has 0 amide bonds. The minimum absolute atomic E-state index is 0.130. The lowest BCUT2D eigenvalue weighted by Gasteiger charge is -2.13. The van der Waals surface area contributed by atoms with Crippen LogP contribution in [0.25, 0.3) is 0 Å². The van der Waals surface area contributed by atoms with Crippen molar-refractivity contribution in [1.29, 1.82) is 0 Å². The molecule has 7 heteroatoms. The number of benzene rings is 1. The first-order chi connectivity index (χ1) is 12.4. The summed E-state index contributed by atoms with van der Waals surface area (Å²) in [5.74, 6) is 0.695.